The number of nitrogens with two attached hydrogens (primary N) is 1. The second-order valence-corrected chi connectivity index (χ2v) is 5.54. The van der Waals surface area contributed by atoms with E-state index in [1.807, 2.05) is 42.5 Å². The number of carbonyl (C=O) groups excluding carboxylic acids is 2. The van der Waals surface area contributed by atoms with Crippen LogP contribution in [0, 0.1) is 0 Å². The van der Waals surface area contributed by atoms with Crippen LogP contribution in [0.1, 0.15) is 21.5 Å². The van der Waals surface area contributed by atoms with Crippen LogP contribution in [0.4, 0.5) is 5.95 Å². The topological polar surface area (TPSA) is 90.0 Å². The summed E-state index contributed by atoms with van der Waals surface area (Å²) in [5, 5.41) is 2.58. The highest BCUT2D eigenvalue weighted by molar-refractivity contribution is 6.06. The van der Waals surface area contributed by atoms with Crippen LogP contribution in [0.25, 0.3) is 5.57 Å². The van der Waals surface area contributed by atoms with Gasteiger partial charge in [-0.15, -0.1) is 0 Å². The molecular formula is C20H18N4O2. The minimum Gasteiger partial charge on any atom is -0.369 e. The van der Waals surface area contributed by atoms with Crippen molar-refractivity contribution in [1.82, 2.24) is 14.9 Å². The molecule has 0 radical (unpaired) electrons. The van der Waals surface area contributed by atoms with Gasteiger partial charge in [-0.2, -0.15) is 0 Å². The molecule has 2 aromatic carbocycles. The van der Waals surface area contributed by atoms with E-state index in [1.165, 1.54) is 23.0 Å². The molecule has 3 N–H and O–H groups in total. The van der Waals surface area contributed by atoms with E-state index in [0.717, 1.165) is 5.56 Å². The molecule has 1 amide bonds. The van der Waals surface area contributed by atoms with E-state index < -0.39 is 0 Å². The fourth-order valence-electron chi connectivity index (χ4n) is 2.66. The molecule has 6 nitrogen and oxygen atoms in total. The van der Waals surface area contributed by atoms with Gasteiger partial charge in [-0.3, -0.25) is 14.2 Å². The van der Waals surface area contributed by atoms with Gasteiger partial charge >= 0.3 is 0 Å². The molecule has 0 aliphatic heterocycles. The monoisotopic (exact) mass is 346 g/mol. The molecule has 0 saturated carbocycles. The van der Waals surface area contributed by atoms with Crippen molar-refractivity contribution in [2.24, 2.45) is 0 Å². The van der Waals surface area contributed by atoms with E-state index in [2.05, 4.69) is 10.3 Å². The fourth-order valence-corrected chi connectivity index (χ4v) is 2.66. The molecule has 130 valence electrons. The lowest BCUT2D eigenvalue weighted by Gasteiger charge is -2.14. The van der Waals surface area contributed by atoms with Gasteiger partial charge in [0.25, 0.3) is 5.91 Å². The fraction of sp³-hybridized carbons (Fsp3) is 0.0500. The molecule has 3 rings (SSSR count). The molecule has 6 heteroatoms. The first-order valence-corrected chi connectivity index (χ1v) is 8.03. The molecule has 1 aromatic heterocycles. The molecule has 0 fully saturated rings. The minimum atomic E-state index is -0.311. The zero-order valence-corrected chi connectivity index (χ0v) is 14.2. The van der Waals surface area contributed by atoms with Crippen molar-refractivity contribution in [2.45, 2.75) is 0 Å². The second-order valence-electron chi connectivity index (χ2n) is 5.54. The van der Waals surface area contributed by atoms with Crippen LogP contribution in [-0.4, -0.2) is 28.4 Å². The molecule has 0 atom stereocenters. The Morgan fingerprint density at radius 1 is 1.04 bits per heavy atom. The highest BCUT2D eigenvalue weighted by Gasteiger charge is 2.18. The van der Waals surface area contributed by atoms with Gasteiger partial charge in [-0.05, 0) is 22.8 Å². The molecule has 0 bridgehead atoms. The standard InChI is InChI=1S/C20H18N4O2/c1-22-18(25)13-17(14-7-3-2-4-8-14)15-9-5-6-10-16(15)19(26)24-12-11-23-20(24)21/h2-13H,1H3,(H2,21,23)(H,22,25)/b17-13+. The predicted molar refractivity (Wildman–Crippen MR) is 100 cm³/mol. The molecule has 3 aromatic rings. The number of imidazole rings is 1. The number of nitrogens with zero attached hydrogens (tertiary/aromatic N) is 2. The lowest BCUT2D eigenvalue weighted by Crippen LogP contribution is -2.17. The average molecular weight is 346 g/mol. The number of hydrogen-bond donors (Lipinski definition) is 2. The third-order valence-electron chi connectivity index (χ3n) is 3.94. The summed E-state index contributed by atoms with van der Waals surface area (Å²) in [6, 6.07) is 16.5. The Balaban J connectivity index is 2.17. The largest absolute Gasteiger partial charge is 0.369 e. The smallest absolute Gasteiger partial charge is 0.265 e. The van der Waals surface area contributed by atoms with E-state index >= 15 is 0 Å². The van der Waals surface area contributed by atoms with Crippen molar-refractivity contribution in [2.75, 3.05) is 12.8 Å². The number of aromatic nitrogens is 2. The van der Waals surface area contributed by atoms with Gasteiger partial charge in [-0.1, -0.05) is 48.5 Å². The predicted octanol–water partition coefficient (Wildman–Crippen LogP) is 2.33. The van der Waals surface area contributed by atoms with E-state index in [0.29, 0.717) is 16.7 Å². The van der Waals surface area contributed by atoms with Gasteiger partial charge in [-0.25, -0.2) is 4.98 Å². The van der Waals surface area contributed by atoms with E-state index in [9.17, 15) is 9.59 Å². The molecular weight excluding hydrogens is 328 g/mol. The summed E-state index contributed by atoms with van der Waals surface area (Å²) in [6.45, 7) is 0. The third-order valence-corrected chi connectivity index (χ3v) is 3.94. The maximum absolute atomic E-state index is 13.0. The first-order chi connectivity index (χ1) is 12.6. The summed E-state index contributed by atoms with van der Waals surface area (Å²) >= 11 is 0. The maximum Gasteiger partial charge on any atom is 0.265 e. The number of nitrogen functional groups attached to an aromatic ring is 1. The van der Waals surface area contributed by atoms with E-state index in [-0.39, 0.29) is 17.8 Å². The highest BCUT2D eigenvalue weighted by Crippen LogP contribution is 2.27. The van der Waals surface area contributed by atoms with Crippen molar-refractivity contribution >= 4 is 23.3 Å². The Labute approximate surface area is 151 Å². The quantitative estimate of drug-likeness (QED) is 0.710. The highest BCUT2D eigenvalue weighted by atomic mass is 16.2. The number of amides is 1. The first kappa shape index (κ1) is 17.2. The molecule has 1 heterocycles. The summed E-state index contributed by atoms with van der Waals surface area (Å²) in [7, 11) is 1.56. The minimum absolute atomic E-state index is 0.112. The first-order valence-electron chi connectivity index (χ1n) is 8.03. The summed E-state index contributed by atoms with van der Waals surface area (Å²) in [5.41, 5.74) is 8.31. The lowest BCUT2D eigenvalue weighted by molar-refractivity contribution is -0.116. The van der Waals surface area contributed by atoms with Gasteiger partial charge in [0, 0.05) is 31.1 Å². The van der Waals surface area contributed by atoms with Gasteiger partial charge in [0.2, 0.25) is 11.9 Å². The molecule has 0 saturated heterocycles. The number of nitrogens with one attached hydrogen (secondary N) is 1. The van der Waals surface area contributed by atoms with Gasteiger partial charge < -0.3 is 11.1 Å². The summed E-state index contributed by atoms with van der Waals surface area (Å²) in [4.78, 5) is 28.9. The summed E-state index contributed by atoms with van der Waals surface area (Å²) < 4.78 is 1.28. The van der Waals surface area contributed by atoms with Crippen LogP contribution in [0.3, 0.4) is 0 Å². The Morgan fingerprint density at radius 3 is 2.31 bits per heavy atom. The lowest BCUT2D eigenvalue weighted by atomic mass is 9.93. The molecule has 0 spiro atoms. The zero-order chi connectivity index (χ0) is 18.5. The van der Waals surface area contributed by atoms with Crippen LogP contribution in [0.15, 0.2) is 73.1 Å². The van der Waals surface area contributed by atoms with E-state index in [1.54, 1.807) is 19.2 Å². The van der Waals surface area contributed by atoms with Crippen molar-refractivity contribution < 1.29 is 9.59 Å². The van der Waals surface area contributed by atoms with Crippen molar-refractivity contribution in [3.63, 3.8) is 0 Å². The Kier molecular flexibility index (Phi) is 4.94. The van der Waals surface area contributed by atoms with Crippen LogP contribution in [0.2, 0.25) is 0 Å². The molecule has 0 unspecified atom stereocenters. The Bertz CT molecular complexity index is 974. The molecule has 0 aliphatic carbocycles. The molecule has 0 aliphatic rings. The second kappa shape index (κ2) is 7.48. The molecule has 26 heavy (non-hydrogen) atoms. The van der Waals surface area contributed by atoms with Gasteiger partial charge in [0.1, 0.15) is 0 Å². The van der Waals surface area contributed by atoms with E-state index in [4.69, 9.17) is 5.73 Å². The zero-order valence-electron chi connectivity index (χ0n) is 14.2. The summed E-state index contributed by atoms with van der Waals surface area (Å²) in [5.74, 6) is -0.455. The van der Waals surface area contributed by atoms with Crippen LogP contribution < -0.4 is 11.1 Å². The average Bonchev–Trinajstić information content (AvgIpc) is 3.12. The van der Waals surface area contributed by atoms with Crippen LogP contribution in [0.5, 0.6) is 0 Å². The number of hydrogen-bond acceptors (Lipinski definition) is 4. The number of anilines is 1. The number of rotatable bonds is 4. The van der Waals surface area contributed by atoms with Crippen molar-refractivity contribution in [3.8, 4) is 0 Å². The number of likely N-dealkylation sites (N-methyl/N-ethyl adjacent to an activating group) is 1. The number of carbonyl (C=O) groups is 2. The summed E-state index contributed by atoms with van der Waals surface area (Å²) in [6.07, 6.45) is 4.46. The van der Waals surface area contributed by atoms with Gasteiger partial charge in [0.05, 0.1) is 0 Å². The SMILES string of the molecule is CNC(=O)/C=C(\c1ccccc1)c1ccccc1C(=O)n1ccnc1N. The Morgan fingerprint density at radius 2 is 1.69 bits per heavy atom. The van der Waals surface area contributed by atoms with Crippen LogP contribution >= 0.6 is 0 Å². The maximum atomic E-state index is 13.0. The van der Waals surface area contributed by atoms with Crippen molar-refractivity contribution in [3.05, 3.63) is 89.8 Å². The van der Waals surface area contributed by atoms with Crippen molar-refractivity contribution in [1.29, 1.82) is 0 Å². The normalized spacial score (nSPS) is 11.2. The Hall–Kier alpha value is -3.67. The van der Waals surface area contributed by atoms with Gasteiger partial charge in [0.15, 0.2) is 0 Å². The number of benzene rings is 2. The third kappa shape index (κ3) is 3.39. The van der Waals surface area contributed by atoms with Crippen LogP contribution in [-0.2, 0) is 4.79 Å².